The Kier molecular flexibility index (Phi) is 24.2. The Morgan fingerprint density at radius 3 is 2.02 bits per heavy atom. The molecule has 6 aliphatic rings. The van der Waals surface area contributed by atoms with Gasteiger partial charge in [0, 0.05) is 145 Å². The summed E-state index contributed by atoms with van der Waals surface area (Å²) in [5, 5.41) is 2.18. The number of pyridine rings is 1. The number of benzene rings is 2. The Bertz CT molecular complexity index is 2980. The van der Waals surface area contributed by atoms with Crippen LogP contribution in [0.4, 0.5) is 17.6 Å². The largest absolute Gasteiger partial charge is 0.340 e. The van der Waals surface area contributed by atoms with E-state index in [1.165, 1.54) is 46.1 Å². The van der Waals surface area contributed by atoms with Crippen LogP contribution in [-0.2, 0) is 16.0 Å². The van der Waals surface area contributed by atoms with Crippen LogP contribution in [0, 0.1) is 25.5 Å². The van der Waals surface area contributed by atoms with E-state index in [4.69, 9.17) is 0 Å². The van der Waals surface area contributed by atoms with Crippen molar-refractivity contribution in [1.29, 1.82) is 0 Å². The summed E-state index contributed by atoms with van der Waals surface area (Å²) in [6.45, 7) is 19.1. The highest BCUT2D eigenvalue weighted by Crippen LogP contribution is 2.35. The number of aldehydes is 1. The number of carbonyl (C=O) groups excluding carboxylic acids is 2. The van der Waals surface area contributed by atoms with Crippen molar-refractivity contribution in [2.45, 2.75) is 115 Å². The van der Waals surface area contributed by atoms with Gasteiger partial charge in [0.05, 0.1) is 22.1 Å². The molecule has 11 rings (SSSR count). The molecule has 0 atom stereocenters. The first-order chi connectivity index (χ1) is 39.1. The SMILES string of the molecule is C=CC=N/C=C\C.CCc1nc2cc(F)ccc2n1C1CCN(C(=O)C2(F)CCN(CC3=CSCC=C3)CC2)CC1.Cc1cccnc1.Cc1nc2cc(F)ccc2n1C1CCN(C)CC1.O=CC1(F)CCN(CC2=CCCS2)CC1. The van der Waals surface area contributed by atoms with Crippen molar-refractivity contribution < 1.29 is 27.2 Å². The summed E-state index contributed by atoms with van der Waals surface area (Å²) in [5.74, 6) is 3.28. The molecule has 436 valence electrons. The van der Waals surface area contributed by atoms with E-state index >= 15 is 4.39 Å². The normalized spacial score (nSPS) is 19.8. The molecule has 1 amide bonds. The number of amides is 1. The molecule has 81 heavy (non-hydrogen) atoms. The molecule has 18 heteroatoms. The van der Waals surface area contributed by atoms with Gasteiger partial charge in [-0.25, -0.2) is 27.5 Å². The second kappa shape index (κ2) is 31.1. The number of carbonyl (C=O) groups is 2. The number of piperidine rings is 4. The number of hydrogen-bond donors (Lipinski definition) is 0. The van der Waals surface area contributed by atoms with Crippen molar-refractivity contribution in [3.63, 3.8) is 0 Å². The van der Waals surface area contributed by atoms with E-state index < -0.39 is 11.3 Å². The number of imidazole rings is 2. The van der Waals surface area contributed by atoms with Gasteiger partial charge in [-0.3, -0.25) is 29.4 Å². The standard InChI is InChI=1S/C26H32F2N4OS.C14H18FN3.C11H16FNOS.C6H7N.C6H9N/c1-2-24-29-22-16-20(27)5-6-23(22)32(24)21-7-11-31(12-8-21)25(33)26(28)9-13-30(14-10-26)17-19-4-3-15-34-18-19;1-10-16-13-9-11(15)3-4-14(13)18(10)12-5-7-17(2)8-6-12;12-11(9-14)3-5-13(6-4-11)8-10-2-1-7-15-10;1-6-3-2-4-7-5-6;1-3-5-7-6-4-2/h3-6,16,18,21H,2,7-15,17H2,1H3;3-4,9,12H,5-8H2,1-2H3;2,9H,1,3-8H2;2-5H,1H3;3-6H,1H2,2H3/b;;;;6-4-,7-5?. The summed E-state index contributed by atoms with van der Waals surface area (Å²) in [7, 11) is 2.16. The van der Waals surface area contributed by atoms with Gasteiger partial charge in [-0.15, -0.1) is 23.5 Å². The molecule has 2 aromatic carbocycles. The van der Waals surface area contributed by atoms with Crippen molar-refractivity contribution in [3.05, 3.63) is 149 Å². The summed E-state index contributed by atoms with van der Waals surface area (Å²) >= 11 is 3.68. The number of thioether (sulfide) groups is 2. The summed E-state index contributed by atoms with van der Waals surface area (Å²) in [6.07, 6.45) is 24.4. The highest BCUT2D eigenvalue weighted by Gasteiger charge is 2.45. The smallest absolute Gasteiger partial charge is 0.260 e. The first-order valence-electron chi connectivity index (χ1n) is 28.6. The monoisotopic (exact) mass is 1150 g/mol. The van der Waals surface area contributed by atoms with Crippen molar-refractivity contribution in [2.24, 2.45) is 4.99 Å². The van der Waals surface area contributed by atoms with Crippen LogP contribution in [0.2, 0.25) is 0 Å². The number of fused-ring (bicyclic) bond motifs is 2. The van der Waals surface area contributed by atoms with E-state index in [1.54, 1.807) is 47.4 Å². The number of alkyl halides is 2. The van der Waals surface area contributed by atoms with E-state index in [0.29, 0.717) is 70.0 Å². The Morgan fingerprint density at radius 2 is 1.47 bits per heavy atom. The van der Waals surface area contributed by atoms with Crippen LogP contribution in [0.15, 0.2) is 125 Å². The fourth-order valence-corrected chi connectivity index (χ4v) is 12.7. The number of likely N-dealkylation sites (tertiary alicyclic amines) is 4. The third kappa shape index (κ3) is 18.2. The molecular formula is C63H82F4N10O2S2. The number of aromatic nitrogens is 5. The van der Waals surface area contributed by atoms with E-state index in [2.05, 4.69) is 81.0 Å². The van der Waals surface area contributed by atoms with Crippen LogP contribution in [0.5, 0.6) is 0 Å². The molecular weight excluding hydrogens is 1070 g/mol. The number of aryl methyl sites for hydroxylation is 3. The minimum atomic E-state index is -1.76. The molecule has 0 unspecified atom stereocenters. The van der Waals surface area contributed by atoms with Crippen LogP contribution in [0.25, 0.3) is 22.1 Å². The van der Waals surface area contributed by atoms with Gasteiger partial charge in [-0.05, 0) is 125 Å². The van der Waals surface area contributed by atoms with Crippen LogP contribution >= 0.6 is 23.5 Å². The zero-order valence-electron chi connectivity index (χ0n) is 48.0. The van der Waals surface area contributed by atoms with Gasteiger partial charge in [0.15, 0.2) is 17.6 Å². The molecule has 12 nitrogen and oxygen atoms in total. The number of halogens is 4. The van der Waals surface area contributed by atoms with Crippen molar-refractivity contribution in [1.82, 2.24) is 43.7 Å². The van der Waals surface area contributed by atoms with Gasteiger partial charge in [0.2, 0.25) is 0 Å². The summed E-state index contributed by atoms with van der Waals surface area (Å²) < 4.78 is 60.7. The van der Waals surface area contributed by atoms with Crippen molar-refractivity contribution in [3.8, 4) is 0 Å². The molecule has 0 saturated carbocycles. The lowest BCUT2D eigenvalue weighted by Gasteiger charge is -2.41. The highest BCUT2D eigenvalue weighted by molar-refractivity contribution is 8.03. The number of allylic oxidation sites excluding steroid dienone is 3. The second-order valence-corrected chi connectivity index (χ2v) is 23.7. The fourth-order valence-electron chi connectivity index (χ4n) is 11.0. The van der Waals surface area contributed by atoms with E-state index in [1.807, 2.05) is 69.9 Å². The zero-order chi connectivity index (χ0) is 57.8. The average Bonchev–Trinajstić information content (AvgIpc) is 4.37. The van der Waals surface area contributed by atoms with Crippen LogP contribution in [0.3, 0.4) is 0 Å². The molecule has 3 aromatic heterocycles. The lowest BCUT2D eigenvalue weighted by Crippen LogP contribution is -2.54. The molecule has 0 bridgehead atoms. The quantitative estimate of drug-likeness (QED) is 0.0721. The first kappa shape index (κ1) is 62.9. The lowest BCUT2D eigenvalue weighted by atomic mass is 9.90. The number of nitrogens with zero attached hydrogens (tertiary/aromatic N) is 10. The molecule has 9 heterocycles. The fraction of sp³-hybridized carbons (Fsp3) is 0.492. The minimum Gasteiger partial charge on any atom is -0.340 e. The van der Waals surface area contributed by atoms with Crippen molar-refractivity contribution in [2.75, 3.05) is 84.0 Å². The molecule has 4 fully saturated rings. The van der Waals surface area contributed by atoms with Gasteiger partial charge in [0.25, 0.3) is 5.91 Å². The molecule has 6 aliphatic heterocycles. The van der Waals surface area contributed by atoms with Crippen LogP contribution in [0.1, 0.15) is 101 Å². The van der Waals surface area contributed by atoms with Gasteiger partial charge >= 0.3 is 0 Å². The molecule has 5 aromatic rings. The Hall–Kier alpha value is -5.66. The summed E-state index contributed by atoms with van der Waals surface area (Å²) in [4.78, 5) is 50.5. The summed E-state index contributed by atoms with van der Waals surface area (Å²) in [5.41, 5.74) is 2.59. The first-order valence-corrected chi connectivity index (χ1v) is 30.7. The maximum absolute atomic E-state index is 15.7. The Morgan fingerprint density at radius 1 is 0.840 bits per heavy atom. The number of aliphatic imine (C=N–C) groups is 1. The zero-order valence-corrected chi connectivity index (χ0v) is 49.6. The topological polar surface area (TPSA) is 108 Å². The number of rotatable bonds is 11. The Balaban J connectivity index is 0.000000168. The lowest BCUT2D eigenvalue weighted by molar-refractivity contribution is -0.148. The van der Waals surface area contributed by atoms with Gasteiger partial charge in [0.1, 0.15) is 23.3 Å². The molecule has 4 saturated heterocycles. The Labute approximate surface area is 485 Å². The van der Waals surface area contributed by atoms with Crippen molar-refractivity contribution >= 4 is 64.0 Å². The predicted molar refractivity (Wildman–Crippen MR) is 327 cm³/mol. The van der Waals surface area contributed by atoms with E-state index in [9.17, 15) is 22.8 Å². The van der Waals surface area contributed by atoms with Crippen LogP contribution < -0.4 is 0 Å². The molecule has 0 radical (unpaired) electrons. The van der Waals surface area contributed by atoms with Crippen LogP contribution in [-0.4, -0.2) is 157 Å². The maximum Gasteiger partial charge on any atom is 0.260 e. The maximum atomic E-state index is 15.7. The second-order valence-electron chi connectivity index (χ2n) is 21.6. The summed E-state index contributed by atoms with van der Waals surface area (Å²) in [6, 6.07) is 14.3. The van der Waals surface area contributed by atoms with Gasteiger partial charge < -0.3 is 18.9 Å². The highest BCUT2D eigenvalue weighted by atomic mass is 32.2. The van der Waals surface area contributed by atoms with Gasteiger partial charge in [-0.1, -0.05) is 49.9 Å². The van der Waals surface area contributed by atoms with E-state index in [0.717, 1.165) is 98.7 Å². The predicted octanol–water partition coefficient (Wildman–Crippen LogP) is 12.8. The molecule has 0 aliphatic carbocycles. The van der Waals surface area contributed by atoms with E-state index in [-0.39, 0.29) is 36.4 Å². The molecule has 0 N–H and O–H groups in total. The number of hydrogen-bond acceptors (Lipinski definition) is 11. The average molecular weight is 1150 g/mol. The minimum absolute atomic E-state index is 0.182. The third-order valence-electron chi connectivity index (χ3n) is 15.5. The molecule has 0 spiro atoms. The third-order valence-corrected chi connectivity index (χ3v) is 17.5. The van der Waals surface area contributed by atoms with Gasteiger partial charge in [-0.2, -0.15) is 0 Å².